The first-order chi connectivity index (χ1) is 4.31. The van der Waals surface area contributed by atoms with Gasteiger partial charge in [-0.2, -0.15) is 0 Å². The molecule has 0 bridgehead atoms. The molecule has 0 heterocycles. The van der Waals surface area contributed by atoms with E-state index in [1.54, 1.807) is 0 Å². The van der Waals surface area contributed by atoms with Crippen molar-refractivity contribution in [2.24, 2.45) is 0 Å². The first-order valence-corrected chi connectivity index (χ1v) is 3.99. The third-order valence-electron chi connectivity index (χ3n) is 1.68. The van der Waals surface area contributed by atoms with Gasteiger partial charge in [0.1, 0.15) is 0 Å². The molecule has 0 saturated carbocycles. The minimum atomic E-state index is 1.18. The van der Waals surface area contributed by atoms with E-state index >= 15 is 0 Å². The Hall–Kier alpha value is 0.0249. The predicted molar refractivity (Wildman–Crippen MR) is 45.3 cm³/mol. The molecular weight excluding hydrogens is 109 g/mol. The standard InChI is InChI=1S/C7H18BN/c1-3-5-6-7-9(8)4-2/h3-8H2,1-2H3. The zero-order valence-corrected chi connectivity index (χ0v) is 6.98. The van der Waals surface area contributed by atoms with Gasteiger partial charge in [-0.1, -0.05) is 26.7 Å². The zero-order valence-electron chi connectivity index (χ0n) is 6.98. The minimum absolute atomic E-state index is 1.18. The maximum absolute atomic E-state index is 2.36. The van der Waals surface area contributed by atoms with Crippen molar-refractivity contribution in [2.75, 3.05) is 13.1 Å². The molecule has 0 aromatic carbocycles. The number of hydrogen-bond donors (Lipinski definition) is 0. The van der Waals surface area contributed by atoms with Crippen LogP contribution >= 0.6 is 0 Å². The van der Waals surface area contributed by atoms with Crippen LogP contribution in [0.4, 0.5) is 0 Å². The van der Waals surface area contributed by atoms with Crippen LogP contribution in [-0.2, 0) is 0 Å². The summed E-state index contributed by atoms with van der Waals surface area (Å²) in [6.45, 7) is 6.89. The number of hydrogen-bond acceptors (Lipinski definition) is 1. The fraction of sp³-hybridized carbons (Fsp3) is 1.00. The molecule has 0 fully saturated rings. The summed E-state index contributed by atoms with van der Waals surface area (Å²) in [5.74, 6) is 0. The van der Waals surface area contributed by atoms with Crippen LogP contribution in [-0.4, -0.2) is 25.9 Å². The molecular formula is C7H18BN. The molecule has 0 aromatic rings. The van der Waals surface area contributed by atoms with Gasteiger partial charge in [-0.05, 0) is 19.5 Å². The van der Waals surface area contributed by atoms with Gasteiger partial charge in [-0.25, -0.2) is 0 Å². The van der Waals surface area contributed by atoms with E-state index in [0.717, 1.165) is 0 Å². The van der Waals surface area contributed by atoms with Gasteiger partial charge in [-0.3, -0.25) is 0 Å². The van der Waals surface area contributed by atoms with E-state index in [0.29, 0.717) is 0 Å². The van der Waals surface area contributed by atoms with Crippen molar-refractivity contribution in [1.29, 1.82) is 0 Å². The topological polar surface area (TPSA) is 3.24 Å². The summed E-state index contributed by atoms with van der Waals surface area (Å²) in [5, 5.41) is 0. The van der Waals surface area contributed by atoms with Crippen molar-refractivity contribution >= 4 is 7.98 Å². The molecule has 0 saturated heterocycles. The second kappa shape index (κ2) is 6.15. The van der Waals surface area contributed by atoms with Crippen LogP contribution < -0.4 is 0 Å². The highest BCUT2D eigenvalue weighted by Crippen LogP contribution is 1.94. The number of rotatable bonds is 5. The average Bonchev–Trinajstić information content (AvgIpc) is 1.89. The van der Waals surface area contributed by atoms with E-state index in [4.69, 9.17) is 0 Å². The van der Waals surface area contributed by atoms with E-state index in [1.165, 1.54) is 32.4 Å². The average molecular weight is 127 g/mol. The first-order valence-electron chi connectivity index (χ1n) is 3.99. The summed E-state index contributed by atoms with van der Waals surface area (Å²) in [7, 11) is 2.18. The van der Waals surface area contributed by atoms with Crippen LogP contribution in [0.3, 0.4) is 0 Å². The van der Waals surface area contributed by atoms with Gasteiger partial charge in [-0.15, -0.1) is 0 Å². The van der Waals surface area contributed by atoms with Gasteiger partial charge in [0.15, 0.2) is 7.98 Å². The maximum atomic E-state index is 2.36. The Balaban J connectivity index is 2.88. The van der Waals surface area contributed by atoms with E-state index in [2.05, 4.69) is 26.6 Å². The first kappa shape index (κ1) is 9.02. The second-order valence-electron chi connectivity index (χ2n) is 2.60. The van der Waals surface area contributed by atoms with Gasteiger partial charge in [0.25, 0.3) is 0 Å². The summed E-state index contributed by atoms with van der Waals surface area (Å²) in [6.07, 6.45) is 4.07. The van der Waals surface area contributed by atoms with Crippen molar-refractivity contribution in [2.45, 2.75) is 33.1 Å². The fourth-order valence-corrected chi connectivity index (χ4v) is 0.790. The molecule has 9 heavy (non-hydrogen) atoms. The molecule has 0 spiro atoms. The van der Waals surface area contributed by atoms with Gasteiger partial charge < -0.3 is 4.81 Å². The Kier molecular flexibility index (Phi) is 6.17. The normalized spacial score (nSPS) is 10.6. The summed E-state index contributed by atoms with van der Waals surface area (Å²) in [6, 6.07) is 0. The van der Waals surface area contributed by atoms with Gasteiger partial charge in [0.05, 0.1) is 0 Å². The molecule has 0 aliphatic heterocycles. The highest BCUT2D eigenvalue weighted by Gasteiger charge is 1.91. The van der Waals surface area contributed by atoms with E-state index in [9.17, 15) is 0 Å². The van der Waals surface area contributed by atoms with Gasteiger partial charge in [0.2, 0.25) is 0 Å². The van der Waals surface area contributed by atoms with Crippen LogP contribution in [0.2, 0.25) is 0 Å². The van der Waals surface area contributed by atoms with Crippen molar-refractivity contribution in [3.63, 3.8) is 0 Å². The summed E-state index contributed by atoms with van der Waals surface area (Å²) >= 11 is 0. The summed E-state index contributed by atoms with van der Waals surface area (Å²) < 4.78 is 0. The Labute approximate surface area is 59.9 Å². The van der Waals surface area contributed by atoms with Crippen LogP contribution in [0.1, 0.15) is 33.1 Å². The van der Waals surface area contributed by atoms with Crippen molar-refractivity contribution in [1.82, 2.24) is 4.81 Å². The predicted octanol–water partition coefficient (Wildman–Crippen LogP) is 1.05. The van der Waals surface area contributed by atoms with Crippen molar-refractivity contribution in [3.8, 4) is 0 Å². The van der Waals surface area contributed by atoms with E-state index < -0.39 is 0 Å². The molecule has 2 heteroatoms. The largest absolute Gasteiger partial charge is 0.349 e. The maximum Gasteiger partial charge on any atom is 0.185 e. The van der Waals surface area contributed by atoms with Gasteiger partial charge >= 0.3 is 0 Å². The second-order valence-corrected chi connectivity index (χ2v) is 2.60. The third-order valence-corrected chi connectivity index (χ3v) is 1.68. The smallest absolute Gasteiger partial charge is 0.185 e. The molecule has 1 nitrogen and oxygen atoms in total. The molecule has 0 rings (SSSR count). The molecule has 54 valence electrons. The molecule has 0 amide bonds. The number of nitrogens with zero attached hydrogens (tertiary/aromatic N) is 1. The highest BCUT2D eigenvalue weighted by molar-refractivity contribution is 6.04. The molecule has 0 unspecified atom stereocenters. The lowest BCUT2D eigenvalue weighted by Crippen LogP contribution is -2.20. The molecule has 0 aliphatic carbocycles. The van der Waals surface area contributed by atoms with Crippen LogP contribution in [0, 0.1) is 0 Å². The minimum Gasteiger partial charge on any atom is -0.349 e. The summed E-state index contributed by atoms with van der Waals surface area (Å²) in [4.78, 5) is 2.36. The van der Waals surface area contributed by atoms with E-state index in [-0.39, 0.29) is 0 Å². The Morgan fingerprint density at radius 2 is 1.89 bits per heavy atom. The van der Waals surface area contributed by atoms with Crippen LogP contribution in [0.25, 0.3) is 0 Å². The quantitative estimate of drug-likeness (QED) is 0.394. The Bertz CT molecular complexity index is 56.9. The molecule has 0 N–H and O–H groups in total. The zero-order chi connectivity index (χ0) is 7.11. The van der Waals surface area contributed by atoms with Crippen molar-refractivity contribution < 1.29 is 0 Å². The molecule has 0 radical (unpaired) electrons. The third kappa shape index (κ3) is 5.90. The summed E-state index contributed by atoms with van der Waals surface area (Å²) in [5.41, 5.74) is 0. The lowest BCUT2D eigenvalue weighted by atomic mass is 10.2. The monoisotopic (exact) mass is 127 g/mol. The lowest BCUT2D eigenvalue weighted by Gasteiger charge is -2.12. The SMILES string of the molecule is BN(CC)CCCCC. The lowest BCUT2D eigenvalue weighted by molar-refractivity contribution is 0.455. The van der Waals surface area contributed by atoms with Gasteiger partial charge in [0, 0.05) is 0 Å². The molecule has 0 aromatic heterocycles. The van der Waals surface area contributed by atoms with E-state index in [1.807, 2.05) is 0 Å². The molecule has 0 atom stereocenters. The van der Waals surface area contributed by atoms with Crippen LogP contribution in [0.5, 0.6) is 0 Å². The fourth-order valence-electron chi connectivity index (χ4n) is 0.790. The van der Waals surface area contributed by atoms with Crippen LogP contribution in [0.15, 0.2) is 0 Å². The van der Waals surface area contributed by atoms with Crippen molar-refractivity contribution in [3.05, 3.63) is 0 Å². The molecule has 0 aliphatic rings. The Morgan fingerprint density at radius 3 is 2.33 bits per heavy atom. The Morgan fingerprint density at radius 1 is 1.22 bits per heavy atom. The number of unbranched alkanes of at least 4 members (excludes halogenated alkanes) is 2. The highest BCUT2D eigenvalue weighted by atomic mass is 15.0.